The maximum atomic E-state index is 14.7. The number of allylic oxidation sites excluding steroid dienone is 1. The summed E-state index contributed by atoms with van der Waals surface area (Å²) in [5.41, 5.74) is -0.653. The van der Waals surface area contributed by atoms with Crippen molar-refractivity contribution in [2.45, 2.75) is 31.2 Å². The molecule has 3 N–H and O–H groups in total. The van der Waals surface area contributed by atoms with Crippen LogP contribution in [0.15, 0.2) is 36.9 Å². The number of nitrogens with zero attached hydrogens (tertiary/aromatic N) is 2. The number of aromatic nitrogens is 1. The number of carbonyl (C=O) groups is 2. The first-order valence-corrected chi connectivity index (χ1v) is 12.4. The van der Waals surface area contributed by atoms with E-state index in [1.54, 1.807) is 24.3 Å². The van der Waals surface area contributed by atoms with Crippen LogP contribution in [-0.4, -0.2) is 73.8 Å². The van der Waals surface area contributed by atoms with Gasteiger partial charge in [0.25, 0.3) is 0 Å². The third kappa shape index (κ3) is 6.15. The molecule has 4 rings (SSSR count). The third-order valence-corrected chi connectivity index (χ3v) is 7.00. The maximum Gasteiger partial charge on any atom is 0.417 e. The summed E-state index contributed by atoms with van der Waals surface area (Å²) < 4.78 is 55.6. The van der Waals surface area contributed by atoms with Gasteiger partial charge in [-0.3, -0.25) is 9.59 Å². The minimum Gasteiger partial charge on any atom is -0.379 e. The van der Waals surface area contributed by atoms with Gasteiger partial charge >= 0.3 is 6.18 Å². The molecule has 1 aromatic heterocycles. The molecule has 2 amide bonds. The summed E-state index contributed by atoms with van der Waals surface area (Å²) >= 11 is 0. The number of anilines is 1. The minimum absolute atomic E-state index is 0.115. The van der Waals surface area contributed by atoms with Crippen molar-refractivity contribution in [3.63, 3.8) is 0 Å². The van der Waals surface area contributed by atoms with E-state index < -0.39 is 24.0 Å². The standard InChI is InChI=1S/C27H31F4N5O2/c1-15(27(29,30)31)24-17-7-4-8-22(35-23-9-11-36(3)14-21(23)28)18(17)12-16(34-24)6-5-10-33-26(38)20-13-19(20)25(37)32-2/h4-8,12,19-21,23,35H,1,9-11,13-14H2,2-3H3,(H,32,37)(H,33,38)/b6-5+/t19-,20+,21-,23+/m0/s1. The van der Waals surface area contributed by atoms with Crippen molar-refractivity contribution in [1.29, 1.82) is 0 Å². The van der Waals surface area contributed by atoms with Crippen molar-refractivity contribution in [2.75, 3.05) is 39.0 Å². The van der Waals surface area contributed by atoms with Crippen molar-refractivity contribution >= 4 is 39.9 Å². The molecule has 1 saturated heterocycles. The molecular formula is C27H31F4N5O2. The largest absolute Gasteiger partial charge is 0.417 e. The van der Waals surface area contributed by atoms with Gasteiger partial charge in [-0.2, -0.15) is 13.2 Å². The fourth-order valence-corrected chi connectivity index (χ4v) is 4.72. The van der Waals surface area contributed by atoms with Gasteiger partial charge in [-0.05, 0) is 38.1 Å². The topological polar surface area (TPSA) is 86.4 Å². The second-order valence-corrected chi connectivity index (χ2v) is 9.80. The Kier molecular flexibility index (Phi) is 8.05. The van der Waals surface area contributed by atoms with E-state index in [9.17, 15) is 27.2 Å². The smallest absolute Gasteiger partial charge is 0.379 e. The van der Waals surface area contributed by atoms with Crippen LogP contribution < -0.4 is 16.0 Å². The predicted molar refractivity (Wildman–Crippen MR) is 139 cm³/mol. The molecule has 0 spiro atoms. The van der Waals surface area contributed by atoms with Gasteiger partial charge in [-0.25, -0.2) is 9.37 Å². The molecule has 1 aliphatic heterocycles. The Bertz CT molecular complexity index is 1260. The number of amides is 2. The summed E-state index contributed by atoms with van der Waals surface area (Å²) in [5.74, 6) is -1.15. The number of benzene rings is 1. The third-order valence-electron chi connectivity index (χ3n) is 7.00. The van der Waals surface area contributed by atoms with Crippen LogP contribution in [0.25, 0.3) is 22.4 Å². The Morgan fingerprint density at radius 1 is 1.21 bits per heavy atom. The van der Waals surface area contributed by atoms with Gasteiger partial charge in [0.1, 0.15) is 6.17 Å². The van der Waals surface area contributed by atoms with Crippen LogP contribution in [0, 0.1) is 11.8 Å². The molecule has 7 nitrogen and oxygen atoms in total. The first kappa shape index (κ1) is 27.6. The highest BCUT2D eigenvalue weighted by molar-refractivity contribution is 6.01. The number of fused-ring (bicyclic) bond motifs is 1. The first-order valence-electron chi connectivity index (χ1n) is 12.4. The van der Waals surface area contributed by atoms with Crippen LogP contribution in [-0.2, 0) is 9.59 Å². The highest BCUT2D eigenvalue weighted by Gasteiger charge is 2.47. The number of nitrogens with one attached hydrogen (secondary N) is 3. The zero-order chi connectivity index (χ0) is 27.6. The van der Waals surface area contributed by atoms with Crippen molar-refractivity contribution in [2.24, 2.45) is 11.8 Å². The molecule has 1 saturated carbocycles. The van der Waals surface area contributed by atoms with E-state index in [0.717, 1.165) is 0 Å². The Morgan fingerprint density at radius 2 is 1.95 bits per heavy atom. The van der Waals surface area contributed by atoms with Crippen molar-refractivity contribution in [3.8, 4) is 0 Å². The monoisotopic (exact) mass is 533 g/mol. The lowest BCUT2D eigenvalue weighted by molar-refractivity contribution is -0.126. The number of hydrogen-bond donors (Lipinski definition) is 3. The zero-order valence-electron chi connectivity index (χ0n) is 21.2. The summed E-state index contributed by atoms with van der Waals surface area (Å²) in [6, 6.07) is 6.01. The number of hydrogen-bond acceptors (Lipinski definition) is 5. The molecule has 0 bridgehead atoms. The van der Waals surface area contributed by atoms with Gasteiger partial charge in [-0.15, -0.1) is 0 Å². The molecule has 1 aliphatic carbocycles. The zero-order valence-corrected chi connectivity index (χ0v) is 21.2. The van der Waals surface area contributed by atoms with Crippen LogP contribution in [0.5, 0.6) is 0 Å². The van der Waals surface area contributed by atoms with E-state index >= 15 is 0 Å². The molecule has 2 aromatic rings. The summed E-state index contributed by atoms with van der Waals surface area (Å²) in [7, 11) is 3.36. The molecule has 0 unspecified atom stereocenters. The lowest BCUT2D eigenvalue weighted by atomic mass is 9.99. The van der Waals surface area contributed by atoms with Crippen molar-refractivity contribution < 1.29 is 27.2 Å². The molecule has 2 fully saturated rings. The predicted octanol–water partition coefficient (Wildman–Crippen LogP) is 3.78. The van der Waals surface area contributed by atoms with Gasteiger partial charge in [0.2, 0.25) is 11.8 Å². The first-order chi connectivity index (χ1) is 18.0. The Hall–Kier alpha value is -3.47. The minimum atomic E-state index is -4.69. The highest BCUT2D eigenvalue weighted by Crippen LogP contribution is 2.39. The number of alkyl halides is 4. The average molecular weight is 534 g/mol. The lowest BCUT2D eigenvalue weighted by Crippen LogP contribution is -2.46. The summed E-state index contributed by atoms with van der Waals surface area (Å²) in [6.07, 6.45) is -1.70. The molecule has 1 aromatic carbocycles. The van der Waals surface area contributed by atoms with Gasteiger partial charge < -0.3 is 20.9 Å². The van der Waals surface area contributed by atoms with Gasteiger partial charge in [0.05, 0.1) is 34.8 Å². The van der Waals surface area contributed by atoms with Gasteiger partial charge in [0, 0.05) is 43.1 Å². The Labute approximate surface area is 218 Å². The van der Waals surface area contributed by atoms with Gasteiger partial charge in [0.15, 0.2) is 0 Å². The van der Waals surface area contributed by atoms with Crippen LogP contribution in [0.3, 0.4) is 0 Å². The fourth-order valence-electron chi connectivity index (χ4n) is 4.72. The normalized spacial score (nSPS) is 23.8. The Balaban J connectivity index is 1.58. The SMILES string of the molecule is C=C(c1nc(/C=C/CNC(=O)[C@@H]2C[C@@H]2C(=O)NC)cc2c(N[C@@H]3CCN(C)C[C@@H]3F)cccc12)C(F)(F)F. The molecular weight excluding hydrogens is 502 g/mol. The number of likely N-dealkylation sites (tertiary alicyclic amines) is 1. The van der Waals surface area contributed by atoms with Crippen molar-refractivity contribution in [3.05, 3.63) is 48.3 Å². The van der Waals surface area contributed by atoms with Crippen LogP contribution >= 0.6 is 0 Å². The molecule has 0 radical (unpaired) electrons. The molecule has 4 atom stereocenters. The Morgan fingerprint density at radius 3 is 2.63 bits per heavy atom. The van der Waals surface area contributed by atoms with E-state index in [1.807, 2.05) is 11.9 Å². The van der Waals surface area contributed by atoms with E-state index in [2.05, 4.69) is 27.5 Å². The number of piperidine rings is 1. The summed E-state index contributed by atoms with van der Waals surface area (Å²) in [5, 5.41) is 9.13. The fraction of sp³-hybridized carbons (Fsp3) is 0.444. The summed E-state index contributed by atoms with van der Waals surface area (Å²) in [4.78, 5) is 30.0. The molecule has 204 valence electrons. The molecule has 11 heteroatoms. The van der Waals surface area contributed by atoms with Gasteiger partial charge in [-0.1, -0.05) is 24.8 Å². The number of rotatable bonds is 8. The highest BCUT2D eigenvalue weighted by atomic mass is 19.4. The molecule has 2 heterocycles. The second-order valence-electron chi connectivity index (χ2n) is 9.80. The quantitative estimate of drug-likeness (QED) is 0.450. The number of carbonyl (C=O) groups excluding carboxylic acids is 2. The maximum absolute atomic E-state index is 14.7. The molecule has 2 aliphatic rings. The second kappa shape index (κ2) is 11.1. The van der Waals surface area contributed by atoms with E-state index in [4.69, 9.17) is 0 Å². The number of halogens is 4. The number of pyridine rings is 1. The van der Waals surface area contributed by atoms with E-state index in [0.29, 0.717) is 30.5 Å². The van der Waals surface area contributed by atoms with Crippen molar-refractivity contribution in [1.82, 2.24) is 20.5 Å². The van der Waals surface area contributed by atoms with Crippen LogP contribution in [0.1, 0.15) is 24.2 Å². The van der Waals surface area contributed by atoms with E-state index in [1.165, 1.54) is 19.2 Å². The lowest BCUT2D eigenvalue weighted by Gasteiger charge is -2.33. The van der Waals surface area contributed by atoms with Crippen LogP contribution in [0.2, 0.25) is 0 Å². The van der Waals surface area contributed by atoms with Crippen LogP contribution in [0.4, 0.5) is 23.2 Å². The average Bonchev–Trinajstić information content (AvgIpc) is 3.68. The summed E-state index contributed by atoms with van der Waals surface area (Å²) in [6.45, 7) is 4.32. The molecule has 38 heavy (non-hydrogen) atoms. The van der Waals surface area contributed by atoms with E-state index in [-0.39, 0.29) is 53.5 Å².